The smallest absolute Gasteiger partial charge is 0.326 e. The lowest BCUT2D eigenvalue weighted by Gasteiger charge is -2.32. The summed E-state index contributed by atoms with van der Waals surface area (Å²) in [6.07, 6.45) is 5.96. The minimum atomic E-state index is -1.05. The Morgan fingerprint density at radius 2 is 1.86 bits per heavy atom. The maximum Gasteiger partial charge on any atom is 0.326 e. The third kappa shape index (κ3) is 6.71. The van der Waals surface area contributed by atoms with Crippen LogP contribution >= 0.6 is 0 Å². The number of nitrogens with one attached hydrogen (secondary N) is 2. The monoisotopic (exact) mass is 505 g/mol. The Balaban J connectivity index is 1.70. The molecule has 3 amide bonds. The molecular weight excluding hydrogens is 470 g/mol. The van der Waals surface area contributed by atoms with E-state index in [0.29, 0.717) is 63.9 Å². The molecule has 2 aliphatic rings. The fourth-order valence-electron chi connectivity index (χ4n) is 4.71. The first-order valence-corrected chi connectivity index (χ1v) is 12.1. The molecule has 4 unspecified atom stereocenters. The van der Waals surface area contributed by atoms with Crippen LogP contribution in [0.4, 0.5) is 0 Å². The molecule has 1 aromatic heterocycles. The Morgan fingerprint density at radius 1 is 1.17 bits per heavy atom. The molecule has 0 radical (unpaired) electrons. The summed E-state index contributed by atoms with van der Waals surface area (Å²) in [7, 11) is 0. The van der Waals surface area contributed by atoms with Crippen LogP contribution in [0.5, 0.6) is 0 Å². The number of aliphatic carboxylic acids is 1. The van der Waals surface area contributed by atoms with Gasteiger partial charge in [0, 0.05) is 37.9 Å². The zero-order valence-corrected chi connectivity index (χ0v) is 20.1. The summed E-state index contributed by atoms with van der Waals surface area (Å²) in [6, 6.07) is -3.52. The van der Waals surface area contributed by atoms with Gasteiger partial charge < -0.3 is 42.4 Å². The zero-order chi connectivity index (χ0) is 26.2. The molecule has 14 heteroatoms. The van der Waals surface area contributed by atoms with Gasteiger partial charge in [-0.25, -0.2) is 9.78 Å². The third-order valence-electron chi connectivity index (χ3n) is 6.54. The van der Waals surface area contributed by atoms with Crippen LogP contribution in [0.25, 0.3) is 0 Å². The van der Waals surface area contributed by atoms with Gasteiger partial charge >= 0.3 is 5.97 Å². The van der Waals surface area contributed by atoms with Crippen LogP contribution in [0.1, 0.15) is 44.2 Å². The molecule has 1 aromatic rings. The number of aromatic amines is 1. The molecular formula is C22H35N9O5. The SMILES string of the molecule is NC(N)=NCCCC(N)C(=O)NC(Cc1cnc[nH]1)C(=O)N1CCCC1C(=O)N1CCCC1C(=O)O. The summed E-state index contributed by atoms with van der Waals surface area (Å²) < 4.78 is 0. The van der Waals surface area contributed by atoms with E-state index < -0.39 is 42.0 Å². The normalized spacial score (nSPS) is 21.1. The van der Waals surface area contributed by atoms with Crippen LogP contribution in [0.2, 0.25) is 0 Å². The van der Waals surface area contributed by atoms with Crippen molar-refractivity contribution in [1.29, 1.82) is 0 Å². The molecule has 3 heterocycles. The van der Waals surface area contributed by atoms with E-state index in [1.807, 2.05) is 0 Å². The van der Waals surface area contributed by atoms with Gasteiger partial charge in [0.05, 0.1) is 12.4 Å². The van der Waals surface area contributed by atoms with Crippen molar-refractivity contribution in [2.45, 2.75) is 69.1 Å². The van der Waals surface area contributed by atoms with Crippen LogP contribution in [0.15, 0.2) is 17.5 Å². The van der Waals surface area contributed by atoms with E-state index in [-0.39, 0.29) is 18.3 Å². The molecule has 14 nitrogen and oxygen atoms in total. The first kappa shape index (κ1) is 26.9. The summed E-state index contributed by atoms with van der Waals surface area (Å²) in [4.78, 5) is 64.8. The number of imidazole rings is 1. The number of hydrogen-bond acceptors (Lipinski definition) is 7. The van der Waals surface area contributed by atoms with Crippen LogP contribution < -0.4 is 22.5 Å². The molecule has 0 aliphatic carbocycles. The highest BCUT2D eigenvalue weighted by Gasteiger charge is 2.43. The largest absolute Gasteiger partial charge is 0.480 e. The number of nitrogens with zero attached hydrogens (tertiary/aromatic N) is 4. The van der Waals surface area contributed by atoms with Gasteiger partial charge in [0.2, 0.25) is 17.7 Å². The lowest BCUT2D eigenvalue weighted by atomic mass is 10.1. The second kappa shape index (κ2) is 12.3. The summed E-state index contributed by atoms with van der Waals surface area (Å²) in [6.45, 7) is 1.00. The van der Waals surface area contributed by atoms with E-state index in [2.05, 4.69) is 20.3 Å². The maximum absolute atomic E-state index is 13.6. The van der Waals surface area contributed by atoms with Crippen molar-refractivity contribution in [2.24, 2.45) is 22.2 Å². The number of aromatic nitrogens is 2. The molecule has 2 fully saturated rings. The van der Waals surface area contributed by atoms with E-state index in [1.165, 1.54) is 16.1 Å². The zero-order valence-electron chi connectivity index (χ0n) is 20.1. The Labute approximate surface area is 208 Å². The molecule has 0 bridgehead atoms. The molecule has 2 aliphatic heterocycles. The van der Waals surface area contributed by atoms with Gasteiger partial charge in [-0.15, -0.1) is 0 Å². The van der Waals surface area contributed by atoms with Gasteiger partial charge in [-0.2, -0.15) is 0 Å². The number of nitrogens with two attached hydrogens (primary N) is 3. The maximum atomic E-state index is 13.6. The number of carbonyl (C=O) groups is 4. The highest BCUT2D eigenvalue weighted by molar-refractivity contribution is 5.94. The van der Waals surface area contributed by atoms with E-state index in [1.54, 1.807) is 6.20 Å². The molecule has 4 atom stereocenters. The second-order valence-corrected chi connectivity index (χ2v) is 9.12. The minimum Gasteiger partial charge on any atom is -0.480 e. The Morgan fingerprint density at radius 3 is 2.50 bits per heavy atom. The number of rotatable bonds is 11. The lowest BCUT2D eigenvalue weighted by Crippen LogP contribution is -2.57. The van der Waals surface area contributed by atoms with E-state index >= 15 is 0 Å². The van der Waals surface area contributed by atoms with Gasteiger partial charge in [-0.3, -0.25) is 19.4 Å². The fraction of sp³-hybridized carbons (Fsp3) is 0.636. The van der Waals surface area contributed by atoms with Crippen molar-refractivity contribution in [1.82, 2.24) is 25.1 Å². The Kier molecular flexibility index (Phi) is 9.22. The van der Waals surface area contributed by atoms with Crippen molar-refractivity contribution < 1.29 is 24.3 Å². The van der Waals surface area contributed by atoms with Crippen LogP contribution in [0.3, 0.4) is 0 Å². The van der Waals surface area contributed by atoms with E-state index in [9.17, 15) is 24.3 Å². The number of guanidine groups is 1. The van der Waals surface area contributed by atoms with Crippen LogP contribution in [-0.4, -0.2) is 98.3 Å². The molecule has 0 aromatic carbocycles. The molecule has 198 valence electrons. The van der Waals surface area contributed by atoms with Crippen LogP contribution in [-0.2, 0) is 25.6 Å². The number of H-pyrrole nitrogens is 1. The average Bonchev–Trinajstić information content (AvgIpc) is 3.61. The number of likely N-dealkylation sites (tertiary alicyclic amines) is 2. The summed E-state index contributed by atoms with van der Waals surface area (Å²) in [5, 5.41) is 12.2. The Hall–Kier alpha value is -3.68. The van der Waals surface area contributed by atoms with Crippen molar-refractivity contribution in [2.75, 3.05) is 19.6 Å². The van der Waals surface area contributed by atoms with Gasteiger partial charge in [0.15, 0.2) is 5.96 Å². The summed E-state index contributed by atoms with van der Waals surface area (Å²) >= 11 is 0. The van der Waals surface area contributed by atoms with Gasteiger partial charge in [-0.05, 0) is 38.5 Å². The number of carbonyl (C=O) groups excluding carboxylic acids is 3. The second-order valence-electron chi connectivity index (χ2n) is 9.12. The predicted molar refractivity (Wildman–Crippen MR) is 129 cm³/mol. The van der Waals surface area contributed by atoms with Crippen LogP contribution in [0, 0.1) is 0 Å². The minimum absolute atomic E-state index is 0.0449. The third-order valence-corrected chi connectivity index (χ3v) is 6.54. The molecule has 9 N–H and O–H groups in total. The number of carboxylic acids is 1. The number of hydrogen-bond donors (Lipinski definition) is 6. The first-order valence-electron chi connectivity index (χ1n) is 12.1. The topological polar surface area (TPSA) is 226 Å². The quantitative estimate of drug-likeness (QED) is 0.110. The number of carboxylic acid groups (broad SMARTS) is 1. The number of aliphatic imine (C=N–C) groups is 1. The lowest BCUT2D eigenvalue weighted by molar-refractivity contribution is -0.152. The summed E-state index contributed by atoms with van der Waals surface area (Å²) in [5.41, 5.74) is 17.3. The summed E-state index contributed by atoms with van der Waals surface area (Å²) in [5.74, 6) is -2.39. The molecule has 3 rings (SSSR count). The standard InChI is InChI=1S/C22H35N9O5/c23-14(4-1-7-27-22(24)25)18(32)29-15(10-13-11-26-12-28-13)19(33)30-8-2-5-16(30)20(34)31-9-3-6-17(31)21(35)36/h11-12,14-17H,1-10,23H2,(H,26,28)(H,29,32)(H,35,36)(H4,24,25,27). The fourth-order valence-corrected chi connectivity index (χ4v) is 4.71. The highest BCUT2D eigenvalue weighted by Crippen LogP contribution is 2.26. The van der Waals surface area contributed by atoms with Gasteiger partial charge in [-0.1, -0.05) is 0 Å². The number of amides is 3. The van der Waals surface area contributed by atoms with Crippen molar-refractivity contribution in [3.8, 4) is 0 Å². The van der Waals surface area contributed by atoms with Gasteiger partial charge in [0.1, 0.15) is 18.1 Å². The van der Waals surface area contributed by atoms with E-state index in [0.717, 1.165) is 0 Å². The van der Waals surface area contributed by atoms with Crippen molar-refractivity contribution in [3.05, 3.63) is 18.2 Å². The van der Waals surface area contributed by atoms with Gasteiger partial charge in [0.25, 0.3) is 0 Å². The first-order chi connectivity index (χ1) is 17.2. The molecule has 36 heavy (non-hydrogen) atoms. The predicted octanol–water partition coefficient (Wildman–Crippen LogP) is -2.12. The average molecular weight is 506 g/mol. The van der Waals surface area contributed by atoms with Crippen molar-refractivity contribution in [3.63, 3.8) is 0 Å². The highest BCUT2D eigenvalue weighted by atomic mass is 16.4. The van der Waals surface area contributed by atoms with Crippen molar-refractivity contribution >= 4 is 29.7 Å². The molecule has 0 spiro atoms. The Bertz CT molecular complexity index is 963. The molecule has 0 saturated carbocycles. The van der Waals surface area contributed by atoms with E-state index in [4.69, 9.17) is 17.2 Å². The molecule has 2 saturated heterocycles.